The molecule has 306 valence electrons. The second-order valence-electron chi connectivity index (χ2n) is 17.0. The summed E-state index contributed by atoms with van der Waals surface area (Å²) in [5.41, 5.74) is -0.262. The van der Waals surface area contributed by atoms with Crippen molar-refractivity contribution in [3.8, 4) is 17.4 Å². The molecule has 2 saturated heterocycles. The van der Waals surface area contributed by atoms with Crippen LogP contribution in [0.2, 0.25) is 0 Å². The van der Waals surface area contributed by atoms with Crippen LogP contribution in [0.3, 0.4) is 0 Å². The summed E-state index contributed by atoms with van der Waals surface area (Å²) >= 11 is 0. The molecule has 1 aromatic carbocycles. The summed E-state index contributed by atoms with van der Waals surface area (Å²) in [6.45, 7) is 4.19. The predicted molar refractivity (Wildman–Crippen MR) is 206 cm³/mol. The predicted octanol–water partition coefficient (Wildman–Crippen LogP) is 4.29. The summed E-state index contributed by atoms with van der Waals surface area (Å²) in [5, 5.41) is 5.88. The first-order chi connectivity index (χ1) is 26.7. The summed E-state index contributed by atoms with van der Waals surface area (Å²) in [5.74, 6) is -0.604. The van der Waals surface area contributed by atoms with Crippen LogP contribution in [0.4, 0.5) is 4.79 Å². The molecule has 4 amide bonds. The highest BCUT2D eigenvalue weighted by Crippen LogP contribution is 2.48. The Balaban J connectivity index is 1.26. The average Bonchev–Trinajstić information content (AvgIpc) is 4.09. The number of hydrogen-bond donors (Lipinski definition) is 3. The second-order valence-corrected chi connectivity index (χ2v) is 19.0. The van der Waals surface area contributed by atoms with Gasteiger partial charge in [0, 0.05) is 23.9 Å². The van der Waals surface area contributed by atoms with Crippen LogP contribution in [0.5, 0.6) is 17.4 Å². The van der Waals surface area contributed by atoms with Crippen molar-refractivity contribution in [1.82, 2.24) is 25.2 Å². The molecule has 15 nitrogen and oxygen atoms in total. The fourth-order valence-corrected chi connectivity index (χ4v) is 9.90. The van der Waals surface area contributed by atoms with E-state index in [1.807, 2.05) is 26.0 Å². The minimum absolute atomic E-state index is 0.00497. The number of aryl methyl sites for hydroxylation is 1. The van der Waals surface area contributed by atoms with Gasteiger partial charge in [-0.1, -0.05) is 46.0 Å². The van der Waals surface area contributed by atoms with E-state index in [1.54, 1.807) is 13.2 Å². The fraction of sp³-hybridized carbons (Fsp3) is 0.675. The van der Waals surface area contributed by atoms with Crippen LogP contribution in [0.1, 0.15) is 103 Å². The van der Waals surface area contributed by atoms with Crippen molar-refractivity contribution in [2.45, 2.75) is 133 Å². The van der Waals surface area contributed by atoms with Crippen molar-refractivity contribution in [3.63, 3.8) is 0 Å². The molecule has 7 rings (SSSR count). The summed E-state index contributed by atoms with van der Waals surface area (Å²) in [4.78, 5) is 62.4. The van der Waals surface area contributed by atoms with Gasteiger partial charge in [-0.2, -0.15) is 0 Å². The van der Waals surface area contributed by atoms with Crippen LogP contribution in [-0.4, -0.2) is 98.5 Å². The van der Waals surface area contributed by atoms with Gasteiger partial charge in [-0.25, -0.2) is 18.2 Å². The largest absolute Gasteiger partial charge is 0.496 e. The van der Waals surface area contributed by atoms with Gasteiger partial charge in [0.25, 0.3) is 5.91 Å². The Morgan fingerprint density at radius 1 is 0.982 bits per heavy atom. The zero-order chi connectivity index (χ0) is 39.8. The van der Waals surface area contributed by atoms with Gasteiger partial charge in [0.1, 0.15) is 35.2 Å². The molecule has 1 aromatic heterocycles. The molecule has 4 fully saturated rings. The lowest BCUT2D eigenvalue weighted by Gasteiger charge is -2.30. The van der Waals surface area contributed by atoms with Crippen molar-refractivity contribution in [2.75, 3.05) is 27.4 Å². The Kier molecular flexibility index (Phi) is 11.3. The minimum Gasteiger partial charge on any atom is -0.496 e. The second kappa shape index (κ2) is 15.9. The van der Waals surface area contributed by atoms with E-state index in [9.17, 15) is 27.6 Å². The Labute approximate surface area is 328 Å². The van der Waals surface area contributed by atoms with Crippen LogP contribution in [0, 0.1) is 11.3 Å². The number of hydrogen-bond acceptors (Lipinski definition) is 11. The van der Waals surface area contributed by atoms with Gasteiger partial charge in [-0.3, -0.25) is 19.1 Å². The first-order valence-corrected chi connectivity index (χ1v) is 21.6. The van der Waals surface area contributed by atoms with Crippen LogP contribution < -0.4 is 29.6 Å². The van der Waals surface area contributed by atoms with Gasteiger partial charge in [0.15, 0.2) is 0 Å². The zero-order valence-electron chi connectivity index (χ0n) is 32.8. The molecular formula is C40H55N5O10S. The number of cyclic esters (lactones) is 1. The van der Waals surface area contributed by atoms with Crippen molar-refractivity contribution < 1.29 is 46.5 Å². The van der Waals surface area contributed by atoms with E-state index in [-0.39, 0.29) is 30.9 Å². The monoisotopic (exact) mass is 797 g/mol. The highest BCUT2D eigenvalue weighted by Gasteiger charge is 2.62. The van der Waals surface area contributed by atoms with E-state index in [0.29, 0.717) is 73.2 Å². The third kappa shape index (κ3) is 8.64. The van der Waals surface area contributed by atoms with Crippen LogP contribution >= 0.6 is 0 Å². The van der Waals surface area contributed by atoms with Crippen LogP contribution in [0.15, 0.2) is 18.2 Å². The van der Waals surface area contributed by atoms with Gasteiger partial charge in [-0.15, -0.1) is 0 Å². The Bertz CT molecular complexity index is 1970. The van der Waals surface area contributed by atoms with Crippen molar-refractivity contribution in [2.24, 2.45) is 11.3 Å². The zero-order valence-corrected chi connectivity index (χ0v) is 33.6. The number of benzene rings is 1. The van der Waals surface area contributed by atoms with Gasteiger partial charge in [0.05, 0.1) is 38.1 Å². The quantitative estimate of drug-likeness (QED) is 0.391. The molecule has 5 aliphatic rings. The minimum atomic E-state index is -3.87. The van der Waals surface area contributed by atoms with E-state index in [2.05, 4.69) is 20.3 Å². The molecule has 16 heteroatoms. The molecular weight excluding hydrogens is 743 g/mol. The first-order valence-electron chi connectivity index (χ1n) is 20.1. The molecule has 3 aliphatic heterocycles. The Hall–Kier alpha value is -4.34. The number of carbonyl (C=O) groups is 4. The maximum absolute atomic E-state index is 14.6. The van der Waals surface area contributed by atoms with E-state index in [0.717, 1.165) is 44.1 Å². The number of ether oxygens (including phenoxy) is 4. The standard InChI is InChI=1S/C40H55N5O10S/c1-39(2)16-10-11-24-17-28-30(19-32(24)52-3)41-34(53-4)20-33(28)55-26-18-31-35(46)43-40(37(48)44-56(50,51)27-14-15-27)21-25(40)12-8-6-5-7-9-13-29(36(47)45(31)22-26)42-38(49)54-23-39/h17,19-20,25-27,29,31H,5-16,18,21-23H2,1-4H3,(H,42,49)(H,43,46)(H,44,48)/t25-,26+,29-,31-,40+/m0/s1. The molecule has 5 bridgehead atoms. The fourth-order valence-electron chi connectivity index (χ4n) is 8.54. The molecule has 3 N–H and O–H groups in total. The number of nitrogens with one attached hydrogen (secondary N) is 3. The molecule has 56 heavy (non-hydrogen) atoms. The lowest BCUT2D eigenvalue weighted by molar-refractivity contribution is -0.141. The summed E-state index contributed by atoms with van der Waals surface area (Å²) < 4.78 is 51.8. The van der Waals surface area contributed by atoms with Gasteiger partial charge >= 0.3 is 6.09 Å². The molecule has 2 aliphatic carbocycles. The first kappa shape index (κ1) is 39.9. The van der Waals surface area contributed by atoms with Crippen molar-refractivity contribution >= 4 is 44.7 Å². The number of sulfonamides is 1. The van der Waals surface area contributed by atoms with Crippen LogP contribution in [0.25, 0.3) is 10.9 Å². The number of rotatable bonds is 5. The number of amides is 4. The van der Waals surface area contributed by atoms with E-state index in [4.69, 9.17) is 18.9 Å². The average molecular weight is 798 g/mol. The number of methoxy groups -OCH3 is 2. The van der Waals surface area contributed by atoms with Crippen molar-refractivity contribution in [1.29, 1.82) is 0 Å². The number of carbonyl (C=O) groups excluding carboxylic acids is 4. The number of aromatic nitrogens is 1. The lowest BCUT2D eigenvalue weighted by Crippen LogP contribution is -2.58. The smallest absolute Gasteiger partial charge is 0.407 e. The number of alkyl carbamates (subject to hydrolysis) is 1. The molecule has 0 radical (unpaired) electrons. The summed E-state index contributed by atoms with van der Waals surface area (Å²) in [7, 11) is -0.757. The maximum Gasteiger partial charge on any atom is 0.407 e. The van der Waals surface area contributed by atoms with Crippen LogP contribution in [-0.2, 0) is 35.6 Å². The van der Waals surface area contributed by atoms with E-state index in [1.165, 1.54) is 12.0 Å². The number of pyridine rings is 1. The number of fused-ring (bicyclic) bond motifs is 4. The lowest BCUT2D eigenvalue weighted by atomic mass is 9.87. The van der Waals surface area contributed by atoms with Gasteiger partial charge in [0.2, 0.25) is 27.7 Å². The summed E-state index contributed by atoms with van der Waals surface area (Å²) in [6, 6.07) is 3.46. The molecule has 2 saturated carbocycles. The highest BCUT2D eigenvalue weighted by molar-refractivity contribution is 7.91. The highest BCUT2D eigenvalue weighted by atomic mass is 32.2. The molecule has 5 atom stereocenters. The van der Waals surface area contributed by atoms with Crippen molar-refractivity contribution in [3.05, 3.63) is 23.8 Å². The third-order valence-corrected chi connectivity index (χ3v) is 13.9. The molecule has 0 unspecified atom stereocenters. The van der Waals surface area contributed by atoms with Gasteiger partial charge < -0.3 is 34.5 Å². The molecule has 0 spiro atoms. The third-order valence-electron chi connectivity index (χ3n) is 12.1. The topological polar surface area (TPSA) is 192 Å². The Morgan fingerprint density at radius 3 is 2.46 bits per heavy atom. The molecule has 2 aromatic rings. The Morgan fingerprint density at radius 2 is 1.73 bits per heavy atom. The van der Waals surface area contributed by atoms with Gasteiger partial charge in [-0.05, 0) is 74.3 Å². The SMILES string of the molecule is COc1cc2c3cc(c(OC)cc3n1)CCCC(C)(C)COC(=O)N[C@H]1CCCCCCC[C@H]3C[C@@]3(C(=O)NS(=O)(=O)C3CC3)NC(=O)[C@@H]3C[C@H](CN3C1=O)O2. The number of nitrogens with zero attached hydrogens (tertiary/aromatic N) is 2. The van der Waals surface area contributed by atoms with E-state index < -0.39 is 62.8 Å². The molecule has 4 heterocycles. The maximum atomic E-state index is 14.6. The normalized spacial score (nSPS) is 28.9. The summed E-state index contributed by atoms with van der Waals surface area (Å²) in [6.07, 6.45) is 7.18. The van der Waals surface area contributed by atoms with E-state index >= 15 is 0 Å².